The number of para-hydroxylation sites is 1. The largest absolute Gasteiger partial charge is 0.374 e. The SMILES string of the molecule is CCCN(C)c1cc(CCl)nc2ccccc12. The summed E-state index contributed by atoms with van der Waals surface area (Å²) in [6.07, 6.45) is 1.13. The molecule has 0 unspecified atom stereocenters. The van der Waals surface area contributed by atoms with E-state index in [2.05, 4.69) is 36.0 Å². The van der Waals surface area contributed by atoms with Crippen LogP contribution in [0.25, 0.3) is 10.9 Å². The number of hydrogen-bond acceptors (Lipinski definition) is 2. The van der Waals surface area contributed by atoms with Crippen molar-refractivity contribution in [1.82, 2.24) is 4.98 Å². The van der Waals surface area contributed by atoms with E-state index < -0.39 is 0 Å². The summed E-state index contributed by atoms with van der Waals surface area (Å²) in [7, 11) is 2.11. The minimum Gasteiger partial charge on any atom is -0.374 e. The van der Waals surface area contributed by atoms with Gasteiger partial charge in [-0.05, 0) is 18.6 Å². The lowest BCUT2D eigenvalue weighted by Gasteiger charge is -2.21. The second kappa shape index (κ2) is 5.37. The van der Waals surface area contributed by atoms with Gasteiger partial charge in [0.25, 0.3) is 0 Å². The zero-order valence-electron chi connectivity index (χ0n) is 10.3. The topological polar surface area (TPSA) is 16.1 Å². The first-order chi connectivity index (χ1) is 8.26. The van der Waals surface area contributed by atoms with Gasteiger partial charge in [0.15, 0.2) is 0 Å². The predicted octanol–water partition coefficient (Wildman–Crippen LogP) is 3.82. The van der Waals surface area contributed by atoms with E-state index >= 15 is 0 Å². The standard InChI is InChI=1S/C14H17ClN2/c1-3-8-17(2)14-9-11(10-15)16-13-7-5-4-6-12(13)14/h4-7,9H,3,8,10H2,1-2H3. The maximum atomic E-state index is 5.90. The first kappa shape index (κ1) is 12.2. The average molecular weight is 249 g/mol. The Morgan fingerprint density at radius 1 is 1.29 bits per heavy atom. The Morgan fingerprint density at radius 3 is 2.76 bits per heavy atom. The Labute approximate surface area is 107 Å². The molecule has 0 atom stereocenters. The molecule has 1 aromatic carbocycles. The zero-order chi connectivity index (χ0) is 12.3. The van der Waals surface area contributed by atoms with Crippen LogP contribution in [0.15, 0.2) is 30.3 Å². The van der Waals surface area contributed by atoms with Crippen molar-refractivity contribution in [2.75, 3.05) is 18.5 Å². The quantitative estimate of drug-likeness (QED) is 0.765. The van der Waals surface area contributed by atoms with E-state index in [0.29, 0.717) is 5.88 Å². The van der Waals surface area contributed by atoms with Crippen LogP contribution in [-0.4, -0.2) is 18.6 Å². The molecule has 2 rings (SSSR count). The van der Waals surface area contributed by atoms with E-state index in [4.69, 9.17) is 11.6 Å². The van der Waals surface area contributed by atoms with E-state index in [-0.39, 0.29) is 0 Å². The smallest absolute Gasteiger partial charge is 0.0726 e. The highest BCUT2D eigenvalue weighted by Crippen LogP contribution is 2.26. The lowest BCUT2D eigenvalue weighted by molar-refractivity contribution is 0.854. The maximum Gasteiger partial charge on any atom is 0.0726 e. The second-order valence-electron chi connectivity index (χ2n) is 4.21. The molecule has 3 heteroatoms. The summed E-state index contributed by atoms with van der Waals surface area (Å²) < 4.78 is 0. The minimum atomic E-state index is 0.456. The molecule has 90 valence electrons. The Kier molecular flexibility index (Phi) is 3.85. The molecular formula is C14H17ClN2. The number of nitrogens with zero attached hydrogens (tertiary/aromatic N) is 2. The molecule has 17 heavy (non-hydrogen) atoms. The van der Waals surface area contributed by atoms with Gasteiger partial charge in [0, 0.05) is 24.7 Å². The molecule has 2 aromatic rings. The van der Waals surface area contributed by atoms with Gasteiger partial charge in [-0.15, -0.1) is 11.6 Å². The van der Waals surface area contributed by atoms with Crippen LogP contribution in [0.1, 0.15) is 19.0 Å². The third-order valence-electron chi connectivity index (χ3n) is 2.85. The average Bonchev–Trinajstić information content (AvgIpc) is 2.37. The van der Waals surface area contributed by atoms with Crippen molar-refractivity contribution < 1.29 is 0 Å². The van der Waals surface area contributed by atoms with Crippen LogP contribution < -0.4 is 4.90 Å². The van der Waals surface area contributed by atoms with Gasteiger partial charge in [0.1, 0.15) is 0 Å². The van der Waals surface area contributed by atoms with Gasteiger partial charge in [0.05, 0.1) is 17.1 Å². The monoisotopic (exact) mass is 248 g/mol. The van der Waals surface area contributed by atoms with E-state index in [1.54, 1.807) is 0 Å². The minimum absolute atomic E-state index is 0.456. The first-order valence-electron chi connectivity index (χ1n) is 5.92. The van der Waals surface area contributed by atoms with Gasteiger partial charge in [-0.1, -0.05) is 25.1 Å². The third-order valence-corrected chi connectivity index (χ3v) is 3.13. The van der Waals surface area contributed by atoms with Crippen molar-refractivity contribution in [3.63, 3.8) is 0 Å². The van der Waals surface area contributed by atoms with Gasteiger partial charge in [-0.3, -0.25) is 4.98 Å². The van der Waals surface area contributed by atoms with Crippen molar-refractivity contribution in [3.05, 3.63) is 36.0 Å². The number of anilines is 1. The number of fused-ring (bicyclic) bond motifs is 1. The van der Waals surface area contributed by atoms with Crippen molar-refractivity contribution in [3.8, 4) is 0 Å². The first-order valence-corrected chi connectivity index (χ1v) is 6.45. The number of rotatable bonds is 4. The van der Waals surface area contributed by atoms with E-state index in [0.717, 1.165) is 24.2 Å². The Balaban J connectivity index is 2.58. The number of hydrogen-bond donors (Lipinski definition) is 0. The fourth-order valence-electron chi connectivity index (χ4n) is 2.05. The number of benzene rings is 1. The Hall–Kier alpha value is -1.28. The molecule has 0 bridgehead atoms. The molecular weight excluding hydrogens is 232 g/mol. The molecule has 0 radical (unpaired) electrons. The molecule has 0 aliphatic heterocycles. The number of pyridine rings is 1. The molecule has 0 saturated carbocycles. The molecule has 0 amide bonds. The predicted molar refractivity (Wildman–Crippen MR) is 74.9 cm³/mol. The summed E-state index contributed by atoms with van der Waals surface area (Å²) in [6, 6.07) is 10.3. The highest BCUT2D eigenvalue weighted by molar-refractivity contribution is 6.17. The summed E-state index contributed by atoms with van der Waals surface area (Å²) in [5.74, 6) is 0.456. The molecule has 0 spiro atoms. The molecule has 0 fully saturated rings. The Morgan fingerprint density at radius 2 is 2.06 bits per heavy atom. The highest BCUT2D eigenvalue weighted by atomic mass is 35.5. The molecule has 1 heterocycles. The van der Waals surface area contributed by atoms with Gasteiger partial charge < -0.3 is 4.90 Å². The molecule has 0 aliphatic carbocycles. The van der Waals surface area contributed by atoms with Crippen LogP contribution in [0.3, 0.4) is 0 Å². The summed E-state index contributed by atoms with van der Waals surface area (Å²) in [4.78, 5) is 6.80. The summed E-state index contributed by atoms with van der Waals surface area (Å²) in [5.41, 5.74) is 3.17. The zero-order valence-corrected chi connectivity index (χ0v) is 11.0. The lowest BCUT2D eigenvalue weighted by Crippen LogP contribution is -2.18. The second-order valence-corrected chi connectivity index (χ2v) is 4.47. The molecule has 1 aromatic heterocycles. The van der Waals surface area contributed by atoms with Crippen molar-refractivity contribution in [2.24, 2.45) is 0 Å². The van der Waals surface area contributed by atoms with Crippen LogP contribution in [0.5, 0.6) is 0 Å². The fraction of sp³-hybridized carbons (Fsp3) is 0.357. The number of alkyl halides is 1. The fourth-order valence-corrected chi connectivity index (χ4v) is 2.19. The van der Waals surface area contributed by atoms with Crippen molar-refractivity contribution >= 4 is 28.2 Å². The van der Waals surface area contributed by atoms with Gasteiger partial charge in [-0.25, -0.2) is 0 Å². The molecule has 2 nitrogen and oxygen atoms in total. The summed E-state index contributed by atoms with van der Waals surface area (Å²) >= 11 is 5.90. The molecule has 0 saturated heterocycles. The van der Waals surface area contributed by atoms with Gasteiger partial charge >= 0.3 is 0 Å². The maximum absolute atomic E-state index is 5.90. The number of halogens is 1. The van der Waals surface area contributed by atoms with E-state index in [1.807, 2.05) is 18.2 Å². The van der Waals surface area contributed by atoms with Crippen LogP contribution in [0, 0.1) is 0 Å². The van der Waals surface area contributed by atoms with Crippen LogP contribution in [0.2, 0.25) is 0 Å². The molecule has 0 N–H and O–H groups in total. The normalized spacial score (nSPS) is 10.8. The molecule has 0 aliphatic rings. The van der Waals surface area contributed by atoms with Crippen molar-refractivity contribution in [1.29, 1.82) is 0 Å². The van der Waals surface area contributed by atoms with Gasteiger partial charge in [0.2, 0.25) is 0 Å². The third kappa shape index (κ3) is 2.52. The summed E-state index contributed by atoms with van der Waals surface area (Å²) in [5, 5.41) is 1.19. The Bertz CT molecular complexity index is 511. The number of aromatic nitrogens is 1. The van der Waals surface area contributed by atoms with E-state index in [1.165, 1.54) is 11.1 Å². The van der Waals surface area contributed by atoms with Gasteiger partial charge in [-0.2, -0.15) is 0 Å². The lowest BCUT2D eigenvalue weighted by atomic mass is 10.1. The highest BCUT2D eigenvalue weighted by Gasteiger charge is 2.08. The van der Waals surface area contributed by atoms with E-state index in [9.17, 15) is 0 Å². The summed E-state index contributed by atoms with van der Waals surface area (Å²) in [6.45, 7) is 3.22. The van der Waals surface area contributed by atoms with Crippen molar-refractivity contribution in [2.45, 2.75) is 19.2 Å². The van der Waals surface area contributed by atoms with Crippen LogP contribution >= 0.6 is 11.6 Å². The van der Waals surface area contributed by atoms with Crippen LogP contribution in [-0.2, 0) is 5.88 Å². The van der Waals surface area contributed by atoms with Crippen LogP contribution in [0.4, 0.5) is 5.69 Å².